The van der Waals surface area contributed by atoms with Crippen molar-refractivity contribution in [3.63, 3.8) is 0 Å². The first kappa shape index (κ1) is 33.5. The lowest BCUT2D eigenvalue weighted by atomic mass is 10.1. The van der Waals surface area contributed by atoms with E-state index in [4.69, 9.17) is 32.7 Å². The highest BCUT2D eigenvalue weighted by Crippen LogP contribution is 2.37. The lowest BCUT2D eigenvalue weighted by Crippen LogP contribution is -2.30. The van der Waals surface area contributed by atoms with Gasteiger partial charge in [0.2, 0.25) is 0 Å². The summed E-state index contributed by atoms with van der Waals surface area (Å²) in [5.41, 5.74) is 0.760. The number of ether oxygens (including phenoxy) is 2. The van der Waals surface area contributed by atoms with Crippen molar-refractivity contribution in [1.82, 2.24) is 0 Å². The average Bonchev–Trinajstić information content (AvgIpc) is 2.99. The number of amides is 1. The molecule has 3 rings (SSSR count). The first-order valence-electron chi connectivity index (χ1n) is 13.4. The Hall–Kier alpha value is -3.98. The van der Waals surface area contributed by atoms with Gasteiger partial charge in [-0.3, -0.25) is 9.69 Å². The molecule has 0 heterocycles. The number of hydrogen-bond donors (Lipinski definition) is 1. The second-order valence-electron chi connectivity index (χ2n) is 8.68. The van der Waals surface area contributed by atoms with Crippen LogP contribution in [0, 0.1) is 0 Å². The minimum absolute atomic E-state index is 0.0274. The number of aliphatic hydroxyl groups excluding tert-OH is 1. The summed E-state index contributed by atoms with van der Waals surface area (Å²) >= 11 is 13.3. The van der Waals surface area contributed by atoms with E-state index in [9.17, 15) is 19.5 Å². The van der Waals surface area contributed by atoms with Gasteiger partial charge in [0.1, 0.15) is 5.76 Å². The normalized spacial score (nSPS) is 11.5. The van der Waals surface area contributed by atoms with Crippen LogP contribution in [0.4, 0.5) is 11.4 Å². The Labute approximate surface area is 265 Å². The third-order valence-electron chi connectivity index (χ3n) is 5.78. The van der Waals surface area contributed by atoms with Gasteiger partial charge in [0.05, 0.1) is 18.8 Å². The van der Waals surface area contributed by atoms with Crippen molar-refractivity contribution >= 4 is 70.3 Å². The number of benzene rings is 3. The van der Waals surface area contributed by atoms with E-state index in [2.05, 4.69) is 0 Å². The maximum atomic E-state index is 14.7. The molecule has 0 unspecified atom stereocenters. The van der Waals surface area contributed by atoms with Crippen molar-refractivity contribution in [2.24, 2.45) is 0 Å². The van der Waals surface area contributed by atoms with Crippen LogP contribution in [0.5, 0.6) is 0 Å². The second kappa shape index (κ2) is 16.6. The maximum absolute atomic E-state index is 14.7. The van der Waals surface area contributed by atoms with E-state index >= 15 is 0 Å². The molecule has 0 fully saturated rings. The van der Waals surface area contributed by atoms with E-state index in [0.717, 1.165) is 17.3 Å². The fourth-order valence-corrected chi connectivity index (χ4v) is 5.10. The zero-order chi connectivity index (χ0) is 31.4. The average molecular weight is 641 g/mol. The number of nitrogens with zero attached hydrogens (tertiary/aromatic N) is 1. The number of hydrogen-bond acceptors (Lipinski definition) is 7. The van der Waals surface area contributed by atoms with Crippen LogP contribution in [0.2, 0.25) is 10.0 Å². The summed E-state index contributed by atoms with van der Waals surface area (Å²) in [4.78, 5) is 42.4. The highest BCUT2D eigenvalue weighted by Gasteiger charge is 2.35. The Kier molecular flexibility index (Phi) is 12.9. The summed E-state index contributed by atoms with van der Waals surface area (Å²) < 4.78 is 10.4. The number of rotatable bonds is 12. The molecule has 0 aliphatic heterocycles. The molecule has 1 N–H and O–H groups in total. The third kappa shape index (κ3) is 9.00. The molecule has 43 heavy (non-hydrogen) atoms. The summed E-state index contributed by atoms with van der Waals surface area (Å²) in [7, 11) is 0. The molecule has 0 spiro atoms. The lowest BCUT2D eigenvalue weighted by molar-refractivity contribution is -0.146. The molecular weight excluding hydrogens is 609 g/mol. The predicted octanol–water partition coefficient (Wildman–Crippen LogP) is 8.32. The van der Waals surface area contributed by atoms with Crippen LogP contribution in [0.3, 0.4) is 0 Å². The fourth-order valence-electron chi connectivity index (χ4n) is 3.91. The van der Waals surface area contributed by atoms with Gasteiger partial charge in [-0.15, -0.1) is 11.8 Å². The largest absolute Gasteiger partial charge is 0.507 e. The molecule has 3 aromatic carbocycles. The number of allylic oxidation sites excluding steroid dienone is 1. The van der Waals surface area contributed by atoms with Crippen molar-refractivity contribution < 1.29 is 29.0 Å². The Bertz CT molecular complexity index is 1450. The first-order chi connectivity index (χ1) is 20.7. The van der Waals surface area contributed by atoms with Gasteiger partial charge in [-0.05, 0) is 79.8 Å². The monoisotopic (exact) mass is 639 g/mol. The van der Waals surface area contributed by atoms with Gasteiger partial charge in [-0.1, -0.05) is 66.5 Å². The van der Waals surface area contributed by atoms with E-state index < -0.39 is 29.2 Å². The quantitative estimate of drug-likeness (QED) is 0.0532. The van der Waals surface area contributed by atoms with Gasteiger partial charge in [0, 0.05) is 26.3 Å². The van der Waals surface area contributed by atoms with Crippen molar-refractivity contribution in [1.29, 1.82) is 0 Å². The number of halogens is 2. The SMILES string of the molecule is CCOC(=O)C(C(=O)OCC)=C(SCC)/C(C(=O)N(c1ccc(Cl)cc1)c1ccc(Cl)cc1)=C(O)\C=C\c1ccccc1. The summed E-state index contributed by atoms with van der Waals surface area (Å²) in [6.45, 7) is 4.92. The Balaban J connectivity index is 2.40. The van der Waals surface area contributed by atoms with Crippen molar-refractivity contribution in [3.8, 4) is 0 Å². The minimum atomic E-state index is -0.980. The molecule has 10 heteroatoms. The Morgan fingerprint density at radius 2 is 1.26 bits per heavy atom. The fraction of sp³-hybridized carbons (Fsp3) is 0.182. The van der Waals surface area contributed by atoms with Gasteiger partial charge in [0.25, 0.3) is 5.91 Å². The molecule has 3 aromatic rings. The van der Waals surface area contributed by atoms with Gasteiger partial charge < -0.3 is 14.6 Å². The van der Waals surface area contributed by atoms with Crippen molar-refractivity contribution in [2.45, 2.75) is 20.8 Å². The molecular formula is C33H31Cl2NO6S. The number of thioether (sulfide) groups is 1. The number of carbonyl (C=O) groups is 3. The molecule has 7 nitrogen and oxygen atoms in total. The molecule has 0 saturated carbocycles. The Morgan fingerprint density at radius 1 is 0.767 bits per heavy atom. The zero-order valence-corrected chi connectivity index (χ0v) is 26.2. The number of aliphatic hydroxyl groups is 1. The minimum Gasteiger partial charge on any atom is -0.507 e. The highest BCUT2D eigenvalue weighted by molar-refractivity contribution is 8.03. The van der Waals surface area contributed by atoms with E-state index in [0.29, 0.717) is 27.2 Å². The van der Waals surface area contributed by atoms with Crippen LogP contribution < -0.4 is 4.90 Å². The third-order valence-corrected chi connectivity index (χ3v) is 7.27. The van der Waals surface area contributed by atoms with Crippen LogP contribution >= 0.6 is 35.0 Å². The lowest BCUT2D eigenvalue weighted by Gasteiger charge is -2.26. The molecule has 0 saturated heterocycles. The molecule has 0 aliphatic rings. The topological polar surface area (TPSA) is 93.1 Å². The van der Waals surface area contributed by atoms with Crippen LogP contribution in [0.15, 0.2) is 107 Å². The van der Waals surface area contributed by atoms with E-state index in [-0.39, 0.29) is 23.7 Å². The number of anilines is 2. The summed E-state index contributed by atoms with van der Waals surface area (Å²) in [5, 5.41) is 12.5. The second-order valence-corrected chi connectivity index (χ2v) is 10.8. The standard InChI is InChI=1S/C33H31Cl2NO6S/c1-4-41-32(39)29(33(40)42-5-2)30(43-6-3)28(27(37)21-12-22-10-8-7-9-11-22)31(38)36(25-17-13-23(34)14-18-25)26-19-15-24(35)16-20-26/h7-21,37H,4-6H2,1-3H3/b21-12+,28-27-. The first-order valence-corrected chi connectivity index (χ1v) is 15.2. The van der Waals surface area contributed by atoms with Crippen LogP contribution in [0.25, 0.3) is 6.08 Å². The van der Waals surface area contributed by atoms with Gasteiger partial charge in [-0.2, -0.15) is 0 Å². The molecule has 224 valence electrons. The molecule has 0 atom stereocenters. The molecule has 1 amide bonds. The molecule has 0 bridgehead atoms. The highest BCUT2D eigenvalue weighted by atomic mass is 35.5. The molecule has 0 radical (unpaired) electrons. The van der Waals surface area contributed by atoms with Crippen molar-refractivity contribution in [2.75, 3.05) is 23.9 Å². The van der Waals surface area contributed by atoms with Gasteiger partial charge >= 0.3 is 11.9 Å². The Morgan fingerprint density at radius 3 is 1.70 bits per heavy atom. The molecule has 0 aromatic heterocycles. The van der Waals surface area contributed by atoms with Gasteiger partial charge in [-0.25, -0.2) is 9.59 Å². The summed E-state index contributed by atoms with van der Waals surface area (Å²) in [6.07, 6.45) is 2.95. The van der Waals surface area contributed by atoms with Crippen LogP contribution in [0.1, 0.15) is 26.3 Å². The van der Waals surface area contributed by atoms with Crippen LogP contribution in [-0.4, -0.2) is 41.9 Å². The van der Waals surface area contributed by atoms with E-state index in [1.807, 2.05) is 30.3 Å². The molecule has 0 aliphatic carbocycles. The number of esters is 2. The predicted molar refractivity (Wildman–Crippen MR) is 174 cm³/mol. The summed E-state index contributed by atoms with van der Waals surface area (Å²) in [5.74, 6) is -2.84. The van der Waals surface area contributed by atoms with Gasteiger partial charge in [0.15, 0.2) is 5.57 Å². The number of carbonyl (C=O) groups excluding carboxylic acids is 3. The maximum Gasteiger partial charge on any atom is 0.346 e. The van der Waals surface area contributed by atoms with E-state index in [1.54, 1.807) is 75.4 Å². The van der Waals surface area contributed by atoms with Crippen molar-refractivity contribution in [3.05, 3.63) is 122 Å². The zero-order valence-electron chi connectivity index (χ0n) is 23.9. The van der Waals surface area contributed by atoms with E-state index in [1.165, 1.54) is 11.0 Å². The smallest absolute Gasteiger partial charge is 0.346 e. The summed E-state index contributed by atoms with van der Waals surface area (Å²) in [6, 6.07) is 22.2. The van der Waals surface area contributed by atoms with Crippen LogP contribution in [-0.2, 0) is 23.9 Å².